The van der Waals surface area contributed by atoms with Crippen LogP contribution >= 0.6 is 0 Å². The van der Waals surface area contributed by atoms with Crippen LogP contribution in [0, 0.1) is 0 Å². The predicted octanol–water partition coefficient (Wildman–Crippen LogP) is 13.6. The number of hydrogen-bond donors (Lipinski definition) is 1. The summed E-state index contributed by atoms with van der Waals surface area (Å²) in [6.45, 7) is 0. The van der Waals surface area contributed by atoms with Gasteiger partial charge in [-0.15, -0.1) is 0 Å². The first kappa shape index (κ1) is 36.4. The normalized spacial score (nSPS) is 13.5. The summed E-state index contributed by atoms with van der Waals surface area (Å²) in [5.41, 5.74) is 16.1. The molecule has 1 aliphatic rings. The minimum atomic E-state index is -0.00128. The fourth-order valence-electron chi connectivity index (χ4n) is 7.93. The van der Waals surface area contributed by atoms with Gasteiger partial charge in [-0.3, -0.25) is 0 Å². The molecule has 0 amide bonds. The molecule has 9 aromatic rings. The molecule has 1 atom stereocenters. The highest BCUT2D eigenvalue weighted by Crippen LogP contribution is 2.39. The molecule has 1 N–H and O–H groups in total. The van der Waals surface area contributed by atoms with E-state index in [0.29, 0.717) is 5.82 Å². The molecule has 60 heavy (non-hydrogen) atoms. The van der Waals surface area contributed by atoms with E-state index in [2.05, 4.69) is 193 Å². The van der Waals surface area contributed by atoms with E-state index in [-0.39, 0.29) is 6.04 Å². The number of aliphatic imine (C=N–C) groups is 1. The quantitative estimate of drug-likeness (QED) is 0.159. The molecular formula is C56H40N4. The summed E-state index contributed by atoms with van der Waals surface area (Å²) in [6.07, 6.45) is 2.21. The number of nitrogens with one attached hydrogen (secondary N) is 1. The first-order chi connectivity index (χ1) is 29.7. The van der Waals surface area contributed by atoms with E-state index < -0.39 is 0 Å². The second kappa shape index (κ2) is 16.5. The van der Waals surface area contributed by atoms with Crippen molar-refractivity contribution in [2.24, 2.45) is 4.99 Å². The van der Waals surface area contributed by atoms with E-state index in [1.165, 1.54) is 22.3 Å². The average molecular weight is 769 g/mol. The molecule has 0 radical (unpaired) electrons. The lowest BCUT2D eigenvalue weighted by molar-refractivity contribution is 0.781. The fraction of sp³-hybridized carbons (Fsp3) is 0.0179. The van der Waals surface area contributed by atoms with Crippen LogP contribution in [0.3, 0.4) is 0 Å². The van der Waals surface area contributed by atoms with Crippen LogP contribution in [0.1, 0.15) is 22.7 Å². The van der Waals surface area contributed by atoms with Crippen LogP contribution in [0.5, 0.6) is 0 Å². The third kappa shape index (κ3) is 7.58. The molecule has 284 valence electrons. The Morgan fingerprint density at radius 3 is 1.23 bits per heavy atom. The molecule has 2 heterocycles. The number of rotatable bonds is 9. The molecule has 1 aromatic heterocycles. The maximum Gasteiger partial charge on any atom is 0.160 e. The van der Waals surface area contributed by atoms with E-state index in [1.54, 1.807) is 0 Å². The first-order valence-corrected chi connectivity index (χ1v) is 20.3. The van der Waals surface area contributed by atoms with Crippen molar-refractivity contribution < 1.29 is 0 Å². The Balaban J connectivity index is 0.967. The molecule has 1 unspecified atom stereocenters. The SMILES string of the molecule is C1=C(c2ccccc2)N=C(c2ccc(-c3ccccc3-c3ccccc3-c3ccc(-c4nc(-c5ccccc5)cc(-c5ccccc5)n4)cc3)cc2)NC1c1ccccc1. The third-order valence-electron chi connectivity index (χ3n) is 11.0. The molecule has 0 fully saturated rings. The van der Waals surface area contributed by atoms with Gasteiger partial charge < -0.3 is 5.32 Å². The minimum Gasteiger partial charge on any atom is -0.359 e. The minimum absolute atomic E-state index is 0.00128. The highest BCUT2D eigenvalue weighted by atomic mass is 15.0. The predicted molar refractivity (Wildman–Crippen MR) is 248 cm³/mol. The van der Waals surface area contributed by atoms with Crippen molar-refractivity contribution in [2.75, 3.05) is 0 Å². The number of aromatic nitrogens is 2. The fourth-order valence-corrected chi connectivity index (χ4v) is 7.93. The third-order valence-corrected chi connectivity index (χ3v) is 11.0. The molecular weight excluding hydrogens is 729 g/mol. The summed E-state index contributed by atoms with van der Waals surface area (Å²) in [4.78, 5) is 15.2. The molecule has 0 saturated heterocycles. The van der Waals surface area contributed by atoms with Gasteiger partial charge in [-0.05, 0) is 56.6 Å². The van der Waals surface area contributed by atoms with E-state index >= 15 is 0 Å². The maximum atomic E-state index is 5.13. The second-order valence-corrected chi connectivity index (χ2v) is 14.9. The summed E-state index contributed by atoms with van der Waals surface area (Å²) in [7, 11) is 0. The topological polar surface area (TPSA) is 50.2 Å². The summed E-state index contributed by atoms with van der Waals surface area (Å²) < 4.78 is 0. The van der Waals surface area contributed by atoms with Crippen molar-refractivity contribution >= 4 is 11.5 Å². The highest BCUT2D eigenvalue weighted by Gasteiger charge is 2.20. The molecule has 0 aliphatic carbocycles. The Kier molecular flexibility index (Phi) is 10.0. The average Bonchev–Trinajstić information content (AvgIpc) is 3.35. The number of hydrogen-bond acceptors (Lipinski definition) is 4. The van der Waals surface area contributed by atoms with Gasteiger partial charge in [0.15, 0.2) is 5.82 Å². The number of amidine groups is 1. The Hall–Kier alpha value is -7.95. The van der Waals surface area contributed by atoms with E-state index in [9.17, 15) is 0 Å². The standard InChI is InChI=1S/C56H40N4/c1-5-17-41(18-6-1)51-37-52(42-19-7-2-8-20-42)58-55(57-51)45-33-29-39(30-34-45)47-25-13-15-27-49(47)50-28-16-14-26-48(50)40-31-35-46(36-32-40)56-59-53(43-21-9-3-10-22-43)38-54(60-56)44-23-11-4-12-24-44/h1-38,51H,(H,57,58). The molecule has 10 rings (SSSR count). The van der Waals surface area contributed by atoms with Crippen molar-refractivity contribution in [3.63, 3.8) is 0 Å². The van der Waals surface area contributed by atoms with Crippen molar-refractivity contribution in [1.29, 1.82) is 0 Å². The van der Waals surface area contributed by atoms with Gasteiger partial charge in [-0.2, -0.15) is 0 Å². The molecule has 0 saturated carbocycles. The van der Waals surface area contributed by atoms with E-state index in [4.69, 9.17) is 15.0 Å². The van der Waals surface area contributed by atoms with Gasteiger partial charge in [0.1, 0.15) is 5.84 Å². The maximum absolute atomic E-state index is 5.13. The second-order valence-electron chi connectivity index (χ2n) is 14.9. The lowest BCUT2D eigenvalue weighted by Crippen LogP contribution is -2.31. The van der Waals surface area contributed by atoms with Crippen LogP contribution in [0.15, 0.2) is 236 Å². The Bertz CT molecular complexity index is 2900. The monoisotopic (exact) mass is 768 g/mol. The Morgan fingerprint density at radius 2 is 0.733 bits per heavy atom. The molecule has 8 aromatic carbocycles. The largest absolute Gasteiger partial charge is 0.359 e. The van der Waals surface area contributed by atoms with Crippen LogP contribution in [0.25, 0.3) is 73.0 Å². The summed E-state index contributed by atoms with van der Waals surface area (Å²) in [5.74, 6) is 1.55. The number of benzene rings is 8. The molecule has 0 spiro atoms. The van der Waals surface area contributed by atoms with Crippen LogP contribution in [0.2, 0.25) is 0 Å². The summed E-state index contributed by atoms with van der Waals surface area (Å²) >= 11 is 0. The lowest BCUT2D eigenvalue weighted by atomic mass is 9.89. The summed E-state index contributed by atoms with van der Waals surface area (Å²) in [6, 6.07) is 78.4. The number of nitrogens with zero attached hydrogens (tertiary/aromatic N) is 3. The van der Waals surface area contributed by atoms with Crippen LogP contribution in [-0.4, -0.2) is 15.8 Å². The van der Waals surface area contributed by atoms with Crippen molar-refractivity contribution in [1.82, 2.24) is 15.3 Å². The first-order valence-electron chi connectivity index (χ1n) is 20.3. The molecule has 0 bridgehead atoms. The molecule has 1 aliphatic heterocycles. The zero-order valence-corrected chi connectivity index (χ0v) is 32.9. The highest BCUT2D eigenvalue weighted by molar-refractivity contribution is 6.04. The van der Waals surface area contributed by atoms with Gasteiger partial charge in [0, 0.05) is 22.3 Å². The van der Waals surface area contributed by atoms with Gasteiger partial charge in [-0.25, -0.2) is 15.0 Å². The zero-order chi connectivity index (χ0) is 40.1. The molecule has 4 heteroatoms. The summed E-state index contributed by atoms with van der Waals surface area (Å²) in [5, 5.41) is 3.71. The Labute approximate surface area is 351 Å². The van der Waals surface area contributed by atoms with Gasteiger partial charge in [-0.1, -0.05) is 218 Å². The van der Waals surface area contributed by atoms with Crippen molar-refractivity contribution in [2.45, 2.75) is 6.04 Å². The molecule has 4 nitrogen and oxygen atoms in total. The van der Waals surface area contributed by atoms with Crippen molar-refractivity contribution in [3.05, 3.63) is 247 Å². The smallest absolute Gasteiger partial charge is 0.160 e. The lowest BCUT2D eigenvalue weighted by Gasteiger charge is -2.24. The van der Waals surface area contributed by atoms with Gasteiger partial charge in [0.05, 0.1) is 23.1 Å². The van der Waals surface area contributed by atoms with Gasteiger partial charge in [0.2, 0.25) is 0 Å². The van der Waals surface area contributed by atoms with Crippen LogP contribution < -0.4 is 5.32 Å². The van der Waals surface area contributed by atoms with Gasteiger partial charge >= 0.3 is 0 Å². The van der Waals surface area contributed by atoms with E-state index in [0.717, 1.165) is 67.4 Å². The zero-order valence-electron chi connectivity index (χ0n) is 32.9. The Morgan fingerprint density at radius 1 is 0.333 bits per heavy atom. The van der Waals surface area contributed by atoms with E-state index in [1.807, 2.05) is 42.5 Å². The van der Waals surface area contributed by atoms with Crippen LogP contribution in [-0.2, 0) is 0 Å². The van der Waals surface area contributed by atoms with Crippen LogP contribution in [0.4, 0.5) is 0 Å². The van der Waals surface area contributed by atoms with Crippen molar-refractivity contribution in [3.8, 4) is 67.3 Å². The van der Waals surface area contributed by atoms with Gasteiger partial charge in [0.25, 0.3) is 0 Å².